The van der Waals surface area contributed by atoms with Crippen LogP contribution < -0.4 is 14.4 Å². The maximum Gasteiger partial charge on any atom is 0.252 e. The van der Waals surface area contributed by atoms with E-state index < -0.39 is 0 Å². The Morgan fingerprint density at radius 3 is 2.50 bits per heavy atom. The van der Waals surface area contributed by atoms with Crippen LogP contribution in [0.15, 0.2) is 36.4 Å². The SMILES string of the molecule is COc1ccc(CN2CC(=O)N(c3ccc(Cl)c(C)c3)C2=S)cc1OC. The largest absolute Gasteiger partial charge is 0.493 e. The van der Waals surface area contributed by atoms with Crippen LogP contribution in [0.3, 0.4) is 0 Å². The van der Waals surface area contributed by atoms with Crippen LogP contribution >= 0.6 is 23.8 Å². The van der Waals surface area contributed by atoms with Crippen LogP contribution in [0.4, 0.5) is 5.69 Å². The number of ether oxygens (including phenoxy) is 2. The Morgan fingerprint density at radius 1 is 1.12 bits per heavy atom. The van der Waals surface area contributed by atoms with Gasteiger partial charge in [0.25, 0.3) is 5.91 Å². The van der Waals surface area contributed by atoms with Gasteiger partial charge in [-0.3, -0.25) is 9.69 Å². The third-order valence-electron chi connectivity index (χ3n) is 4.26. The van der Waals surface area contributed by atoms with E-state index in [9.17, 15) is 4.79 Å². The van der Waals surface area contributed by atoms with Crippen molar-refractivity contribution in [3.05, 3.63) is 52.5 Å². The van der Waals surface area contributed by atoms with Gasteiger partial charge in [0.15, 0.2) is 16.6 Å². The summed E-state index contributed by atoms with van der Waals surface area (Å²) in [5, 5.41) is 1.14. The molecule has 3 rings (SSSR count). The zero-order valence-electron chi connectivity index (χ0n) is 14.8. The van der Waals surface area contributed by atoms with Gasteiger partial charge < -0.3 is 14.4 Å². The van der Waals surface area contributed by atoms with E-state index in [0.717, 1.165) is 16.8 Å². The highest BCUT2D eigenvalue weighted by atomic mass is 35.5. The van der Waals surface area contributed by atoms with E-state index in [-0.39, 0.29) is 12.5 Å². The molecule has 0 bridgehead atoms. The molecule has 1 amide bonds. The molecule has 5 nitrogen and oxygen atoms in total. The van der Waals surface area contributed by atoms with Gasteiger partial charge in [0, 0.05) is 11.6 Å². The van der Waals surface area contributed by atoms with Crippen molar-refractivity contribution >= 4 is 40.5 Å². The van der Waals surface area contributed by atoms with Crippen molar-refractivity contribution in [2.75, 3.05) is 25.7 Å². The monoisotopic (exact) mass is 390 g/mol. The van der Waals surface area contributed by atoms with Gasteiger partial charge in [-0.25, -0.2) is 0 Å². The average Bonchev–Trinajstić information content (AvgIpc) is 2.91. The number of amides is 1. The highest BCUT2D eigenvalue weighted by Gasteiger charge is 2.34. The molecule has 1 heterocycles. The summed E-state index contributed by atoms with van der Waals surface area (Å²) in [5.74, 6) is 1.25. The Labute approximate surface area is 163 Å². The Balaban J connectivity index is 1.82. The number of carbonyl (C=O) groups is 1. The van der Waals surface area contributed by atoms with Crippen LogP contribution in [0.25, 0.3) is 0 Å². The lowest BCUT2D eigenvalue weighted by Crippen LogP contribution is -2.32. The van der Waals surface area contributed by atoms with E-state index in [1.54, 1.807) is 31.3 Å². The van der Waals surface area contributed by atoms with E-state index in [1.165, 1.54) is 0 Å². The second kappa shape index (κ2) is 7.51. The van der Waals surface area contributed by atoms with Crippen molar-refractivity contribution in [3.63, 3.8) is 0 Å². The van der Waals surface area contributed by atoms with E-state index in [1.807, 2.05) is 36.1 Å². The van der Waals surface area contributed by atoms with Crippen molar-refractivity contribution in [1.29, 1.82) is 0 Å². The maximum atomic E-state index is 12.5. The maximum absolute atomic E-state index is 12.5. The minimum absolute atomic E-state index is 0.0581. The van der Waals surface area contributed by atoms with Crippen molar-refractivity contribution < 1.29 is 14.3 Å². The summed E-state index contributed by atoms with van der Waals surface area (Å²) in [6.45, 7) is 2.64. The number of hydrogen-bond acceptors (Lipinski definition) is 4. The number of nitrogens with zero attached hydrogens (tertiary/aromatic N) is 2. The molecule has 0 radical (unpaired) electrons. The first-order valence-electron chi connectivity index (χ1n) is 8.03. The summed E-state index contributed by atoms with van der Waals surface area (Å²) in [5.41, 5.74) is 2.61. The number of methoxy groups -OCH3 is 2. The van der Waals surface area contributed by atoms with E-state index in [2.05, 4.69) is 0 Å². The number of benzene rings is 2. The Kier molecular flexibility index (Phi) is 5.34. The topological polar surface area (TPSA) is 42.0 Å². The minimum atomic E-state index is -0.0581. The molecule has 0 unspecified atom stereocenters. The number of anilines is 1. The molecule has 1 fully saturated rings. The van der Waals surface area contributed by atoms with Gasteiger partial charge in [-0.15, -0.1) is 0 Å². The van der Waals surface area contributed by atoms with Crippen LogP contribution in [0.2, 0.25) is 5.02 Å². The smallest absolute Gasteiger partial charge is 0.252 e. The summed E-state index contributed by atoms with van der Waals surface area (Å²) in [4.78, 5) is 15.9. The lowest BCUT2D eigenvalue weighted by atomic mass is 10.2. The zero-order chi connectivity index (χ0) is 18.8. The Morgan fingerprint density at radius 2 is 1.85 bits per heavy atom. The van der Waals surface area contributed by atoms with Gasteiger partial charge in [0.05, 0.1) is 19.9 Å². The van der Waals surface area contributed by atoms with Gasteiger partial charge in [-0.05, 0) is 60.6 Å². The fourth-order valence-corrected chi connectivity index (χ4v) is 3.35. The van der Waals surface area contributed by atoms with Gasteiger partial charge in [-0.2, -0.15) is 0 Å². The number of aryl methyl sites for hydroxylation is 1. The Bertz CT molecular complexity index is 872. The van der Waals surface area contributed by atoms with E-state index in [0.29, 0.717) is 28.2 Å². The lowest BCUT2D eigenvalue weighted by molar-refractivity contribution is -0.116. The third-order valence-corrected chi connectivity index (χ3v) is 5.12. The standard InChI is InChI=1S/C19H19ClN2O3S/c1-12-8-14(5-6-15(12)20)22-18(23)11-21(19(22)26)10-13-4-7-16(24-2)17(9-13)25-3/h4-9H,10-11H2,1-3H3. The molecule has 136 valence electrons. The third kappa shape index (κ3) is 3.48. The molecule has 0 N–H and O–H groups in total. The minimum Gasteiger partial charge on any atom is -0.493 e. The van der Waals surface area contributed by atoms with Gasteiger partial charge in [0.1, 0.15) is 6.54 Å². The van der Waals surface area contributed by atoms with Gasteiger partial charge in [0.2, 0.25) is 0 Å². The van der Waals surface area contributed by atoms with E-state index >= 15 is 0 Å². The molecule has 0 atom stereocenters. The van der Waals surface area contributed by atoms with Crippen molar-refractivity contribution in [1.82, 2.24) is 4.90 Å². The molecule has 2 aromatic rings. The number of rotatable bonds is 5. The number of hydrogen-bond donors (Lipinski definition) is 0. The van der Waals surface area contributed by atoms with E-state index in [4.69, 9.17) is 33.3 Å². The first-order valence-corrected chi connectivity index (χ1v) is 8.82. The molecule has 0 aromatic heterocycles. The molecule has 0 spiro atoms. The summed E-state index contributed by atoms with van der Waals surface area (Å²) >= 11 is 11.6. The predicted molar refractivity (Wildman–Crippen MR) is 106 cm³/mol. The second-order valence-electron chi connectivity index (χ2n) is 5.99. The highest BCUT2D eigenvalue weighted by Crippen LogP contribution is 2.30. The van der Waals surface area contributed by atoms with Crippen molar-refractivity contribution in [2.45, 2.75) is 13.5 Å². The van der Waals surface area contributed by atoms with Gasteiger partial charge in [-0.1, -0.05) is 17.7 Å². The molecule has 1 aliphatic heterocycles. The van der Waals surface area contributed by atoms with Crippen LogP contribution in [0.1, 0.15) is 11.1 Å². The fraction of sp³-hybridized carbons (Fsp3) is 0.263. The van der Waals surface area contributed by atoms with Crippen LogP contribution in [-0.2, 0) is 11.3 Å². The molecule has 2 aromatic carbocycles. The second-order valence-corrected chi connectivity index (χ2v) is 6.76. The molecule has 1 saturated heterocycles. The first kappa shape index (κ1) is 18.5. The molecular formula is C19H19ClN2O3S. The van der Waals surface area contributed by atoms with Crippen LogP contribution in [0, 0.1) is 6.92 Å². The quantitative estimate of drug-likeness (QED) is 0.726. The number of carbonyl (C=O) groups excluding carboxylic acids is 1. The first-order chi connectivity index (χ1) is 12.4. The molecule has 0 saturated carbocycles. The molecule has 1 aliphatic rings. The Hall–Kier alpha value is -2.31. The number of thiocarbonyl (C=S) groups is 1. The zero-order valence-corrected chi connectivity index (χ0v) is 16.4. The summed E-state index contributed by atoms with van der Waals surface area (Å²) in [6.07, 6.45) is 0. The molecule has 0 aliphatic carbocycles. The van der Waals surface area contributed by atoms with Crippen molar-refractivity contribution in [3.8, 4) is 11.5 Å². The normalized spacial score (nSPS) is 14.2. The predicted octanol–water partition coefficient (Wildman–Crippen LogP) is 3.80. The summed E-state index contributed by atoms with van der Waals surface area (Å²) in [6, 6.07) is 11.1. The highest BCUT2D eigenvalue weighted by molar-refractivity contribution is 7.80. The van der Waals surface area contributed by atoms with Crippen molar-refractivity contribution in [2.24, 2.45) is 0 Å². The van der Waals surface area contributed by atoms with Crippen LogP contribution in [0.5, 0.6) is 11.5 Å². The summed E-state index contributed by atoms with van der Waals surface area (Å²) in [7, 11) is 3.19. The average molecular weight is 391 g/mol. The molecule has 7 heteroatoms. The molecular weight excluding hydrogens is 372 g/mol. The lowest BCUT2D eigenvalue weighted by Gasteiger charge is -2.21. The fourth-order valence-electron chi connectivity index (χ4n) is 2.90. The number of halogens is 1. The molecule has 26 heavy (non-hydrogen) atoms. The van der Waals surface area contributed by atoms with Gasteiger partial charge >= 0.3 is 0 Å². The van der Waals surface area contributed by atoms with Crippen LogP contribution in [-0.4, -0.2) is 36.7 Å². The summed E-state index contributed by atoms with van der Waals surface area (Å²) < 4.78 is 10.6.